The predicted molar refractivity (Wildman–Crippen MR) is 101 cm³/mol. The third-order valence-electron chi connectivity index (χ3n) is 4.17. The first kappa shape index (κ1) is 16.8. The molecule has 0 fully saturated rings. The van der Waals surface area contributed by atoms with Crippen molar-refractivity contribution in [1.29, 1.82) is 0 Å². The second-order valence-electron chi connectivity index (χ2n) is 6.04. The first-order valence-corrected chi connectivity index (χ1v) is 9.36. The second-order valence-corrected chi connectivity index (χ2v) is 7.10. The molecule has 4 rings (SSSR count). The molecule has 1 aromatic carbocycles. The van der Waals surface area contributed by atoms with Crippen LogP contribution in [0.3, 0.4) is 0 Å². The lowest BCUT2D eigenvalue weighted by Crippen LogP contribution is -1.99. The maximum Gasteiger partial charge on any atom is 0.179 e. The summed E-state index contributed by atoms with van der Waals surface area (Å²) in [7, 11) is 0. The molecule has 0 unspecified atom stereocenters. The monoisotopic (exact) mass is 365 g/mol. The molecule has 2 aromatic heterocycles. The average molecular weight is 365 g/mol. The Kier molecular flexibility index (Phi) is 4.75. The van der Waals surface area contributed by atoms with E-state index in [-0.39, 0.29) is 0 Å². The highest BCUT2D eigenvalue weighted by Crippen LogP contribution is 2.37. The van der Waals surface area contributed by atoms with Crippen molar-refractivity contribution in [3.63, 3.8) is 0 Å². The van der Waals surface area contributed by atoms with E-state index in [4.69, 9.17) is 14.5 Å². The fourth-order valence-electron chi connectivity index (χ4n) is 2.63. The maximum absolute atomic E-state index is 5.79. The molecule has 0 N–H and O–H groups in total. The number of nitrogens with zero attached hydrogens (tertiary/aromatic N) is 3. The molecular formula is C20H19N3O2S. The van der Waals surface area contributed by atoms with Gasteiger partial charge in [-0.3, -0.25) is 4.98 Å². The molecule has 0 saturated carbocycles. The Bertz CT molecular complexity index is 932. The van der Waals surface area contributed by atoms with Gasteiger partial charge in [-0.05, 0) is 44.2 Å². The van der Waals surface area contributed by atoms with Crippen molar-refractivity contribution in [3.8, 4) is 23.0 Å². The van der Waals surface area contributed by atoms with Gasteiger partial charge >= 0.3 is 0 Å². The number of aryl methyl sites for hydroxylation is 1. The van der Waals surface area contributed by atoms with Crippen molar-refractivity contribution in [2.45, 2.75) is 30.2 Å². The molecule has 0 atom stereocenters. The molecule has 26 heavy (non-hydrogen) atoms. The first-order chi connectivity index (χ1) is 12.7. The third kappa shape index (κ3) is 3.51. The highest BCUT2D eigenvalue weighted by Gasteiger charge is 2.15. The summed E-state index contributed by atoms with van der Waals surface area (Å²) in [6, 6.07) is 11.8. The highest BCUT2D eigenvalue weighted by molar-refractivity contribution is 7.99. The number of pyridine rings is 1. The number of fused-ring (bicyclic) bond motifs is 1. The molecule has 0 bridgehead atoms. The van der Waals surface area contributed by atoms with E-state index in [1.165, 1.54) is 0 Å². The Labute approximate surface area is 156 Å². The summed E-state index contributed by atoms with van der Waals surface area (Å²) in [5.74, 6) is 2.24. The zero-order valence-electron chi connectivity index (χ0n) is 14.7. The smallest absolute Gasteiger partial charge is 0.179 e. The van der Waals surface area contributed by atoms with Crippen LogP contribution >= 0.6 is 11.8 Å². The Morgan fingerprint density at radius 2 is 1.81 bits per heavy atom. The lowest BCUT2D eigenvalue weighted by atomic mass is 10.2. The van der Waals surface area contributed by atoms with Gasteiger partial charge in [-0.2, -0.15) is 0 Å². The lowest BCUT2D eigenvalue weighted by molar-refractivity contribution is 0.297. The van der Waals surface area contributed by atoms with Gasteiger partial charge in [0.1, 0.15) is 10.7 Å². The van der Waals surface area contributed by atoms with Crippen LogP contribution in [-0.2, 0) is 0 Å². The van der Waals surface area contributed by atoms with E-state index in [0.717, 1.165) is 44.8 Å². The Hall–Kier alpha value is -2.60. The van der Waals surface area contributed by atoms with Crippen LogP contribution in [0.4, 0.5) is 0 Å². The first-order valence-electron chi connectivity index (χ1n) is 8.55. The van der Waals surface area contributed by atoms with Crippen LogP contribution < -0.4 is 9.47 Å². The SMILES string of the molecule is Cc1nc(-c2ccccn2)nc(Sc2ccc3c(c2)OCCCO3)c1C. The van der Waals surface area contributed by atoms with Crippen LogP contribution in [0.1, 0.15) is 17.7 Å². The van der Waals surface area contributed by atoms with Crippen molar-refractivity contribution < 1.29 is 9.47 Å². The molecule has 3 aromatic rings. The lowest BCUT2D eigenvalue weighted by Gasteiger charge is -2.12. The number of benzene rings is 1. The van der Waals surface area contributed by atoms with Crippen LogP contribution in [0.15, 0.2) is 52.5 Å². The summed E-state index contributed by atoms with van der Waals surface area (Å²) in [5.41, 5.74) is 2.80. The normalized spacial score (nSPS) is 13.3. The quantitative estimate of drug-likeness (QED) is 0.639. The topological polar surface area (TPSA) is 57.1 Å². The number of hydrogen-bond donors (Lipinski definition) is 0. The van der Waals surface area contributed by atoms with E-state index in [9.17, 15) is 0 Å². The second kappa shape index (κ2) is 7.33. The van der Waals surface area contributed by atoms with Crippen molar-refractivity contribution >= 4 is 11.8 Å². The van der Waals surface area contributed by atoms with Crippen molar-refractivity contribution in [2.75, 3.05) is 13.2 Å². The van der Waals surface area contributed by atoms with E-state index in [0.29, 0.717) is 19.0 Å². The molecular weight excluding hydrogens is 346 g/mol. The minimum absolute atomic E-state index is 0.644. The van der Waals surface area contributed by atoms with E-state index < -0.39 is 0 Å². The molecule has 5 nitrogen and oxygen atoms in total. The average Bonchev–Trinajstić information content (AvgIpc) is 2.91. The fourth-order valence-corrected chi connectivity index (χ4v) is 3.59. The summed E-state index contributed by atoms with van der Waals surface area (Å²) in [6.07, 6.45) is 2.65. The van der Waals surface area contributed by atoms with Gasteiger partial charge in [0.15, 0.2) is 17.3 Å². The standard InChI is InChI=1S/C20H19N3O2S/c1-13-14(2)22-19(16-6-3-4-9-21-16)23-20(13)26-15-7-8-17-18(12-15)25-11-5-10-24-17/h3-4,6-9,12H,5,10-11H2,1-2H3. The molecule has 0 spiro atoms. The number of ether oxygens (including phenoxy) is 2. The van der Waals surface area contributed by atoms with Gasteiger partial charge in [-0.25, -0.2) is 9.97 Å². The van der Waals surface area contributed by atoms with E-state index in [1.807, 2.05) is 50.2 Å². The van der Waals surface area contributed by atoms with Crippen LogP contribution in [0.5, 0.6) is 11.5 Å². The zero-order valence-corrected chi connectivity index (χ0v) is 15.5. The minimum Gasteiger partial charge on any atom is -0.490 e. The van der Waals surface area contributed by atoms with Crippen molar-refractivity contribution in [1.82, 2.24) is 15.0 Å². The molecule has 1 aliphatic rings. The van der Waals surface area contributed by atoms with E-state index >= 15 is 0 Å². The predicted octanol–water partition coefficient (Wildman–Crippen LogP) is 4.47. The van der Waals surface area contributed by atoms with Gasteiger partial charge in [0.05, 0.1) is 13.2 Å². The number of rotatable bonds is 3. The number of aromatic nitrogens is 3. The Morgan fingerprint density at radius 3 is 2.62 bits per heavy atom. The van der Waals surface area contributed by atoms with Crippen LogP contribution in [0.2, 0.25) is 0 Å². The summed E-state index contributed by atoms with van der Waals surface area (Å²) >= 11 is 1.60. The van der Waals surface area contributed by atoms with Crippen LogP contribution in [0, 0.1) is 13.8 Å². The van der Waals surface area contributed by atoms with Crippen LogP contribution in [0.25, 0.3) is 11.5 Å². The molecule has 0 amide bonds. The minimum atomic E-state index is 0.644. The van der Waals surface area contributed by atoms with E-state index in [1.54, 1.807) is 18.0 Å². The van der Waals surface area contributed by atoms with Gasteiger partial charge in [0, 0.05) is 28.8 Å². The third-order valence-corrected chi connectivity index (χ3v) is 5.25. The van der Waals surface area contributed by atoms with Gasteiger partial charge < -0.3 is 9.47 Å². The highest BCUT2D eigenvalue weighted by atomic mass is 32.2. The van der Waals surface area contributed by atoms with Gasteiger partial charge in [0.2, 0.25) is 0 Å². The Balaban J connectivity index is 1.68. The van der Waals surface area contributed by atoms with Crippen LogP contribution in [-0.4, -0.2) is 28.2 Å². The molecule has 132 valence electrons. The molecule has 0 aliphatic carbocycles. The van der Waals surface area contributed by atoms with Gasteiger partial charge in [-0.15, -0.1) is 0 Å². The molecule has 0 saturated heterocycles. The van der Waals surface area contributed by atoms with Gasteiger partial charge in [0.25, 0.3) is 0 Å². The van der Waals surface area contributed by atoms with E-state index in [2.05, 4.69) is 9.97 Å². The molecule has 0 radical (unpaired) electrons. The molecule has 1 aliphatic heterocycles. The Morgan fingerprint density at radius 1 is 0.962 bits per heavy atom. The summed E-state index contributed by atoms with van der Waals surface area (Å²) in [5, 5.41) is 0.924. The zero-order chi connectivity index (χ0) is 17.9. The maximum atomic E-state index is 5.79. The van der Waals surface area contributed by atoms with Crippen molar-refractivity contribution in [3.05, 3.63) is 53.9 Å². The van der Waals surface area contributed by atoms with Crippen molar-refractivity contribution in [2.24, 2.45) is 0 Å². The molecule has 6 heteroatoms. The van der Waals surface area contributed by atoms with Gasteiger partial charge in [-0.1, -0.05) is 17.8 Å². The fraction of sp³-hybridized carbons (Fsp3) is 0.250. The summed E-state index contributed by atoms with van der Waals surface area (Å²) in [4.78, 5) is 14.8. The number of hydrogen-bond acceptors (Lipinski definition) is 6. The largest absolute Gasteiger partial charge is 0.490 e. The molecule has 3 heterocycles. The summed E-state index contributed by atoms with van der Waals surface area (Å²) in [6.45, 7) is 5.41. The summed E-state index contributed by atoms with van der Waals surface area (Å²) < 4.78 is 11.5.